The van der Waals surface area contributed by atoms with Crippen LogP contribution in [-0.2, 0) is 17.8 Å². The summed E-state index contributed by atoms with van der Waals surface area (Å²) >= 11 is 0. The molecular weight excluding hydrogens is 274 g/mol. The number of amides is 1. The molecule has 3 rings (SSSR count). The maximum absolute atomic E-state index is 12.6. The third kappa shape index (κ3) is 3.14. The Hall–Kier alpha value is -2.29. The van der Waals surface area contributed by atoms with Gasteiger partial charge < -0.3 is 9.64 Å². The smallest absolute Gasteiger partial charge is 0.263 e. The first-order valence-electron chi connectivity index (χ1n) is 7.72. The van der Waals surface area contributed by atoms with Crippen LogP contribution in [-0.4, -0.2) is 23.5 Å². The van der Waals surface area contributed by atoms with Crippen LogP contribution in [0.4, 0.5) is 0 Å². The van der Waals surface area contributed by atoms with Crippen molar-refractivity contribution in [3.8, 4) is 5.75 Å². The van der Waals surface area contributed by atoms with Gasteiger partial charge in [-0.2, -0.15) is 0 Å². The van der Waals surface area contributed by atoms with Crippen LogP contribution in [0.15, 0.2) is 48.5 Å². The van der Waals surface area contributed by atoms with Crippen LogP contribution in [0.3, 0.4) is 0 Å². The summed E-state index contributed by atoms with van der Waals surface area (Å²) in [4.78, 5) is 14.5. The summed E-state index contributed by atoms with van der Waals surface area (Å²) < 4.78 is 5.78. The van der Waals surface area contributed by atoms with Crippen LogP contribution in [0.5, 0.6) is 5.75 Å². The van der Waals surface area contributed by atoms with E-state index in [0.717, 1.165) is 18.7 Å². The second kappa shape index (κ2) is 6.22. The number of carbonyl (C=O) groups is 1. The van der Waals surface area contributed by atoms with E-state index >= 15 is 0 Å². The highest BCUT2D eigenvalue weighted by molar-refractivity contribution is 5.81. The Morgan fingerprint density at radius 2 is 1.77 bits per heavy atom. The minimum Gasteiger partial charge on any atom is -0.481 e. The van der Waals surface area contributed by atoms with Gasteiger partial charge in [0.2, 0.25) is 0 Å². The maximum atomic E-state index is 12.6. The van der Waals surface area contributed by atoms with Gasteiger partial charge in [0.05, 0.1) is 0 Å². The quantitative estimate of drug-likeness (QED) is 0.869. The highest BCUT2D eigenvalue weighted by Crippen LogP contribution is 2.20. The molecule has 3 heteroatoms. The summed E-state index contributed by atoms with van der Waals surface area (Å²) in [5.41, 5.74) is 3.77. The number of hydrogen-bond acceptors (Lipinski definition) is 2. The van der Waals surface area contributed by atoms with Crippen LogP contribution in [0, 0.1) is 6.92 Å². The second-order valence-corrected chi connectivity index (χ2v) is 5.85. The van der Waals surface area contributed by atoms with E-state index in [4.69, 9.17) is 4.74 Å². The zero-order chi connectivity index (χ0) is 15.5. The summed E-state index contributed by atoms with van der Waals surface area (Å²) in [5, 5.41) is 0. The van der Waals surface area contributed by atoms with Crippen molar-refractivity contribution in [2.75, 3.05) is 6.54 Å². The molecule has 22 heavy (non-hydrogen) atoms. The fourth-order valence-corrected chi connectivity index (χ4v) is 2.81. The molecule has 0 spiro atoms. The van der Waals surface area contributed by atoms with Gasteiger partial charge in [-0.3, -0.25) is 4.79 Å². The van der Waals surface area contributed by atoms with Crippen molar-refractivity contribution >= 4 is 5.91 Å². The van der Waals surface area contributed by atoms with Gasteiger partial charge in [0.15, 0.2) is 6.10 Å². The van der Waals surface area contributed by atoms with E-state index in [2.05, 4.69) is 18.2 Å². The van der Waals surface area contributed by atoms with Crippen LogP contribution in [0.25, 0.3) is 0 Å². The molecule has 1 aliphatic heterocycles. The summed E-state index contributed by atoms with van der Waals surface area (Å²) in [7, 11) is 0. The molecule has 114 valence electrons. The highest BCUT2D eigenvalue weighted by Gasteiger charge is 2.25. The van der Waals surface area contributed by atoms with Crippen LogP contribution in [0.1, 0.15) is 23.6 Å². The summed E-state index contributed by atoms with van der Waals surface area (Å²) in [6.07, 6.45) is 0.451. The van der Waals surface area contributed by atoms with E-state index in [0.29, 0.717) is 6.54 Å². The lowest BCUT2D eigenvalue weighted by atomic mass is 9.99. The number of hydrogen-bond donors (Lipinski definition) is 0. The minimum atomic E-state index is -0.465. The number of fused-ring (bicyclic) bond motifs is 1. The molecule has 1 heterocycles. The normalized spacial score (nSPS) is 15.1. The fraction of sp³-hybridized carbons (Fsp3) is 0.316. The first kappa shape index (κ1) is 14.6. The molecule has 0 saturated heterocycles. The number of nitrogens with zero attached hydrogens (tertiary/aromatic N) is 1. The highest BCUT2D eigenvalue weighted by atomic mass is 16.5. The predicted molar refractivity (Wildman–Crippen MR) is 86.8 cm³/mol. The number of ether oxygens (including phenoxy) is 1. The van der Waals surface area contributed by atoms with E-state index < -0.39 is 6.10 Å². The third-order valence-corrected chi connectivity index (χ3v) is 4.12. The van der Waals surface area contributed by atoms with Gasteiger partial charge in [-0.1, -0.05) is 42.0 Å². The van der Waals surface area contributed by atoms with Gasteiger partial charge in [-0.25, -0.2) is 0 Å². The average molecular weight is 295 g/mol. The molecule has 0 N–H and O–H groups in total. The maximum Gasteiger partial charge on any atom is 0.263 e. The Morgan fingerprint density at radius 1 is 1.09 bits per heavy atom. The molecule has 1 aliphatic rings. The van der Waals surface area contributed by atoms with Crippen molar-refractivity contribution < 1.29 is 9.53 Å². The van der Waals surface area contributed by atoms with Gasteiger partial charge in [0.25, 0.3) is 5.91 Å². The van der Waals surface area contributed by atoms with Crippen molar-refractivity contribution in [3.63, 3.8) is 0 Å². The van der Waals surface area contributed by atoms with Gasteiger partial charge in [-0.05, 0) is 43.5 Å². The Labute approximate surface area is 131 Å². The zero-order valence-electron chi connectivity index (χ0n) is 13.1. The number of aryl methyl sites for hydroxylation is 1. The first-order chi connectivity index (χ1) is 10.6. The number of benzene rings is 2. The van der Waals surface area contributed by atoms with E-state index in [9.17, 15) is 4.79 Å². The SMILES string of the molecule is Cc1ccc(O[C@H](C)C(=O)N2CCc3ccccc3C2)cc1. The Morgan fingerprint density at radius 3 is 2.50 bits per heavy atom. The zero-order valence-corrected chi connectivity index (χ0v) is 13.1. The van der Waals surface area contributed by atoms with Gasteiger partial charge in [0, 0.05) is 13.1 Å². The van der Waals surface area contributed by atoms with Crippen LogP contribution < -0.4 is 4.74 Å². The van der Waals surface area contributed by atoms with Crippen molar-refractivity contribution in [1.82, 2.24) is 4.90 Å². The molecule has 1 atom stereocenters. The van der Waals surface area contributed by atoms with Crippen LogP contribution in [0.2, 0.25) is 0 Å². The summed E-state index contributed by atoms with van der Waals surface area (Å²) in [6.45, 7) is 5.29. The van der Waals surface area contributed by atoms with Crippen molar-refractivity contribution in [2.45, 2.75) is 32.9 Å². The van der Waals surface area contributed by atoms with Crippen LogP contribution >= 0.6 is 0 Å². The molecule has 0 aromatic heterocycles. The Balaban J connectivity index is 1.65. The molecular formula is C19H21NO2. The topological polar surface area (TPSA) is 29.5 Å². The summed E-state index contributed by atoms with van der Waals surface area (Å²) in [6, 6.07) is 16.1. The predicted octanol–water partition coefficient (Wildman–Crippen LogP) is 3.35. The molecule has 0 saturated carbocycles. The lowest BCUT2D eigenvalue weighted by Gasteiger charge is -2.31. The molecule has 3 nitrogen and oxygen atoms in total. The summed E-state index contributed by atoms with van der Waals surface area (Å²) in [5.74, 6) is 0.791. The average Bonchev–Trinajstić information content (AvgIpc) is 2.55. The monoisotopic (exact) mass is 295 g/mol. The molecule has 0 radical (unpaired) electrons. The van der Waals surface area contributed by atoms with E-state index in [1.54, 1.807) is 0 Å². The molecule has 0 unspecified atom stereocenters. The standard InChI is InChI=1S/C19H21NO2/c1-14-7-9-18(10-8-14)22-15(2)19(21)20-12-11-16-5-3-4-6-17(16)13-20/h3-10,15H,11-13H2,1-2H3/t15-/m1/s1. The molecule has 1 amide bonds. The van der Waals surface area contributed by atoms with Crippen molar-refractivity contribution in [1.29, 1.82) is 0 Å². The second-order valence-electron chi connectivity index (χ2n) is 5.85. The van der Waals surface area contributed by atoms with Crippen molar-refractivity contribution in [2.24, 2.45) is 0 Å². The van der Waals surface area contributed by atoms with E-state index in [-0.39, 0.29) is 5.91 Å². The lowest BCUT2D eigenvalue weighted by Crippen LogP contribution is -2.43. The van der Waals surface area contributed by atoms with Crippen molar-refractivity contribution in [3.05, 3.63) is 65.2 Å². The number of carbonyl (C=O) groups excluding carboxylic acids is 1. The van der Waals surface area contributed by atoms with Gasteiger partial charge >= 0.3 is 0 Å². The largest absolute Gasteiger partial charge is 0.481 e. The molecule has 0 fully saturated rings. The van der Waals surface area contributed by atoms with Gasteiger partial charge in [0.1, 0.15) is 5.75 Å². The Bertz CT molecular complexity index is 663. The van der Waals surface area contributed by atoms with Gasteiger partial charge in [-0.15, -0.1) is 0 Å². The van der Waals surface area contributed by atoms with E-state index in [1.165, 1.54) is 16.7 Å². The molecule has 0 bridgehead atoms. The lowest BCUT2D eigenvalue weighted by molar-refractivity contribution is -0.138. The third-order valence-electron chi connectivity index (χ3n) is 4.12. The minimum absolute atomic E-state index is 0.0510. The fourth-order valence-electron chi connectivity index (χ4n) is 2.81. The molecule has 2 aromatic carbocycles. The molecule has 0 aliphatic carbocycles. The number of rotatable bonds is 3. The molecule has 2 aromatic rings. The Kier molecular flexibility index (Phi) is 4.14. The van der Waals surface area contributed by atoms with E-state index in [1.807, 2.05) is 49.1 Å². The first-order valence-corrected chi connectivity index (χ1v) is 7.72.